The number of likely N-dealkylation sites (tertiary alicyclic amines) is 1. The molecule has 7 heteroatoms. The second-order valence-electron chi connectivity index (χ2n) is 7.72. The van der Waals surface area contributed by atoms with Crippen molar-refractivity contribution in [3.63, 3.8) is 0 Å². The molecule has 0 aromatic carbocycles. The maximum Gasteiger partial charge on any atom is 0.222 e. The number of ether oxygens (including phenoxy) is 2. The first-order chi connectivity index (χ1) is 13.8. The SMILES string of the molecule is CCNC(=NCCCN1CCCCCC1=O)NCCCOCC1CCOCC1. The fourth-order valence-electron chi connectivity index (χ4n) is 3.61. The van der Waals surface area contributed by atoms with Gasteiger partial charge in [0.2, 0.25) is 5.91 Å². The molecule has 2 fully saturated rings. The summed E-state index contributed by atoms with van der Waals surface area (Å²) in [6, 6.07) is 0. The van der Waals surface area contributed by atoms with Crippen LogP contribution in [-0.2, 0) is 14.3 Å². The van der Waals surface area contributed by atoms with Gasteiger partial charge in [-0.1, -0.05) is 6.42 Å². The molecule has 7 nitrogen and oxygen atoms in total. The number of amides is 1. The molecule has 0 bridgehead atoms. The number of carbonyl (C=O) groups excluding carboxylic acids is 1. The van der Waals surface area contributed by atoms with E-state index in [1.54, 1.807) is 0 Å². The van der Waals surface area contributed by atoms with Gasteiger partial charge in [-0.3, -0.25) is 9.79 Å². The molecule has 162 valence electrons. The molecule has 0 spiro atoms. The number of hydrogen-bond donors (Lipinski definition) is 2. The van der Waals surface area contributed by atoms with Crippen molar-refractivity contribution in [2.75, 3.05) is 59.2 Å². The minimum Gasteiger partial charge on any atom is -0.381 e. The van der Waals surface area contributed by atoms with Gasteiger partial charge in [-0.25, -0.2) is 0 Å². The normalized spacial score (nSPS) is 19.5. The molecular weight excluding hydrogens is 356 g/mol. The van der Waals surface area contributed by atoms with Gasteiger partial charge in [0.25, 0.3) is 0 Å². The smallest absolute Gasteiger partial charge is 0.222 e. The summed E-state index contributed by atoms with van der Waals surface area (Å²) in [6.07, 6.45) is 8.19. The van der Waals surface area contributed by atoms with Crippen LogP contribution in [0.15, 0.2) is 4.99 Å². The molecule has 1 amide bonds. The number of aliphatic imine (C=N–C) groups is 1. The van der Waals surface area contributed by atoms with Crippen molar-refractivity contribution in [2.45, 2.75) is 58.3 Å². The molecule has 0 saturated carbocycles. The zero-order chi connectivity index (χ0) is 19.9. The maximum atomic E-state index is 12.0. The fourth-order valence-corrected chi connectivity index (χ4v) is 3.61. The van der Waals surface area contributed by atoms with Crippen molar-refractivity contribution in [1.29, 1.82) is 0 Å². The first-order valence-corrected chi connectivity index (χ1v) is 11.2. The zero-order valence-electron chi connectivity index (χ0n) is 17.7. The molecule has 0 unspecified atom stereocenters. The molecule has 0 atom stereocenters. The molecule has 2 heterocycles. The van der Waals surface area contributed by atoms with Crippen molar-refractivity contribution in [3.8, 4) is 0 Å². The largest absolute Gasteiger partial charge is 0.381 e. The number of rotatable bonds is 11. The van der Waals surface area contributed by atoms with Crippen LogP contribution >= 0.6 is 0 Å². The predicted molar refractivity (Wildman–Crippen MR) is 113 cm³/mol. The van der Waals surface area contributed by atoms with Crippen LogP contribution in [0.2, 0.25) is 0 Å². The molecule has 2 N–H and O–H groups in total. The number of carbonyl (C=O) groups is 1. The third-order valence-electron chi connectivity index (χ3n) is 5.32. The summed E-state index contributed by atoms with van der Waals surface area (Å²) in [4.78, 5) is 18.7. The Hall–Kier alpha value is -1.34. The first kappa shape index (κ1) is 22.9. The van der Waals surface area contributed by atoms with E-state index in [0.717, 1.165) is 104 Å². The van der Waals surface area contributed by atoms with Gasteiger partial charge >= 0.3 is 0 Å². The van der Waals surface area contributed by atoms with Crippen molar-refractivity contribution >= 4 is 11.9 Å². The summed E-state index contributed by atoms with van der Waals surface area (Å²) in [7, 11) is 0. The van der Waals surface area contributed by atoms with E-state index in [2.05, 4.69) is 22.5 Å². The Morgan fingerprint density at radius 1 is 1.21 bits per heavy atom. The average molecular weight is 397 g/mol. The van der Waals surface area contributed by atoms with Gasteiger partial charge in [0.15, 0.2) is 5.96 Å². The summed E-state index contributed by atoms with van der Waals surface area (Å²) in [5.74, 6) is 1.83. The Morgan fingerprint density at radius 3 is 2.89 bits per heavy atom. The Balaban J connectivity index is 1.54. The molecule has 2 saturated heterocycles. The van der Waals surface area contributed by atoms with Crippen molar-refractivity contribution in [2.24, 2.45) is 10.9 Å². The van der Waals surface area contributed by atoms with Crippen LogP contribution in [0.4, 0.5) is 0 Å². The highest BCUT2D eigenvalue weighted by molar-refractivity contribution is 5.79. The van der Waals surface area contributed by atoms with Gasteiger partial charge in [-0.15, -0.1) is 0 Å². The first-order valence-electron chi connectivity index (χ1n) is 11.2. The van der Waals surface area contributed by atoms with Gasteiger partial charge in [0.05, 0.1) is 0 Å². The van der Waals surface area contributed by atoms with Crippen molar-refractivity contribution < 1.29 is 14.3 Å². The lowest BCUT2D eigenvalue weighted by Crippen LogP contribution is -2.38. The van der Waals surface area contributed by atoms with Crippen LogP contribution < -0.4 is 10.6 Å². The molecule has 2 rings (SSSR count). The summed E-state index contributed by atoms with van der Waals surface area (Å²) in [5.41, 5.74) is 0. The van der Waals surface area contributed by atoms with Crippen LogP contribution in [0, 0.1) is 5.92 Å². The number of nitrogens with one attached hydrogen (secondary N) is 2. The summed E-state index contributed by atoms with van der Waals surface area (Å²) < 4.78 is 11.2. The molecule has 0 aliphatic carbocycles. The van der Waals surface area contributed by atoms with Gasteiger partial charge < -0.3 is 25.0 Å². The Kier molecular flexibility index (Phi) is 12.0. The van der Waals surface area contributed by atoms with Gasteiger partial charge in [0.1, 0.15) is 0 Å². The summed E-state index contributed by atoms with van der Waals surface area (Å²) in [5, 5.41) is 6.66. The molecular formula is C21H40N4O3. The van der Waals surface area contributed by atoms with Gasteiger partial charge in [-0.05, 0) is 51.4 Å². The van der Waals surface area contributed by atoms with Crippen LogP contribution in [-0.4, -0.2) is 75.9 Å². The van der Waals surface area contributed by atoms with Crippen molar-refractivity contribution in [3.05, 3.63) is 0 Å². The van der Waals surface area contributed by atoms with Crippen molar-refractivity contribution in [1.82, 2.24) is 15.5 Å². The maximum absolute atomic E-state index is 12.0. The third-order valence-corrected chi connectivity index (χ3v) is 5.32. The summed E-state index contributed by atoms with van der Waals surface area (Å²) >= 11 is 0. The predicted octanol–water partition coefficient (Wildman–Crippen LogP) is 2.17. The van der Waals surface area contributed by atoms with E-state index in [4.69, 9.17) is 9.47 Å². The van der Waals surface area contributed by atoms with Crippen LogP contribution in [0.3, 0.4) is 0 Å². The minimum absolute atomic E-state index is 0.312. The lowest BCUT2D eigenvalue weighted by Gasteiger charge is -2.21. The van der Waals surface area contributed by atoms with E-state index >= 15 is 0 Å². The molecule has 0 aromatic rings. The van der Waals surface area contributed by atoms with E-state index in [1.807, 2.05) is 4.90 Å². The lowest BCUT2D eigenvalue weighted by atomic mass is 10.0. The fraction of sp³-hybridized carbons (Fsp3) is 0.905. The molecule has 0 aromatic heterocycles. The lowest BCUT2D eigenvalue weighted by molar-refractivity contribution is -0.130. The topological polar surface area (TPSA) is 75.2 Å². The Morgan fingerprint density at radius 2 is 2.07 bits per heavy atom. The van der Waals surface area contributed by atoms with E-state index < -0.39 is 0 Å². The standard InChI is InChI=1S/C21H40N4O3/c1-2-22-21(23-11-6-14-25-13-5-3-4-8-20(25)26)24-12-7-15-28-18-19-9-16-27-17-10-19/h19H,2-18H2,1H3,(H2,22,23,24). The number of guanidine groups is 1. The number of nitrogens with zero attached hydrogens (tertiary/aromatic N) is 2. The van der Waals surface area contributed by atoms with Gasteiger partial charge in [-0.2, -0.15) is 0 Å². The molecule has 28 heavy (non-hydrogen) atoms. The highest BCUT2D eigenvalue weighted by Crippen LogP contribution is 2.14. The van der Waals surface area contributed by atoms with Crippen LogP contribution in [0.1, 0.15) is 58.3 Å². The highest BCUT2D eigenvalue weighted by atomic mass is 16.5. The monoisotopic (exact) mass is 396 g/mol. The van der Waals surface area contributed by atoms with E-state index in [1.165, 1.54) is 6.42 Å². The average Bonchev–Trinajstić information content (AvgIpc) is 2.92. The summed E-state index contributed by atoms with van der Waals surface area (Å²) in [6.45, 7) is 9.63. The second kappa shape index (κ2) is 14.6. The van der Waals surface area contributed by atoms with Gasteiger partial charge in [0, 0.05) is 65.6 Å². The van der Waals surface area contributed by atoms with E-state index in [9.17, 15) is 4.79 Å². The zero-order valence-corrected chi connectivity index (χ0v) is 17.7. The van der Waals surface area contributed by atoms with E-state index in [0.29, 0.717) is 18.2 Å². The molecule has 2 aliphatic rings. The molecule has 2 aliphatic heterocycles. The van der Waals surface area contributed by atoms with E-state index in [-0.39, 0.29) is 0 Å². The second-order valence-corrected chi connectivity index (χ2v) is 7.72. The van der Waals surface area contributed by atoms with Crippen LogP contribution in [0.5, 0.6) is 0 Å². The quantitative estimate of drug-likeness (QED) is 0.318. The Bertz CT molecular complexity index is 453. The number of hydrogen-bond acceptors (Lipinski definition) is 4. The minimum atomic E-state index is 0.312. The third kappa shape index (κ3) is 9.73. The Labute approximate surface area is 170 Å². The molecule has 0 radical (unpaired) electrons. The van der Waals surface area contributed by atoms with Crippen LogP contribution in [0.25, 0.3) is 0 Å². The highest BCUT2D eigenvalue weighted by Gasteiger charge is 2.15.